The van der Waals surface area contributed by atoms with Gasteiger partial charge in [-0.25, -0.2) is 0 Å². The number of likely N-dealkylation sites (N-methyl/N-ethyl adjacent to an activating group) is 1. The number of rotatable bonds is 1. The highest BCUT2D eigenvalue weighted by molar-refractivity contribution is 5.62. The Bertz CT molecular complexity index is 810. The van der Waals surface area contributed by atoms with E-state index in [1.54, 1.807) is 25.3 Å². The van der Waals surface area contributed by atoms with E-state index < -0.39 is 36.7 Å². The Labute approximate surface area is 139 Å². The van der Waals surface area contributed by atoms with Crippen molar-refractivity contribution in [2.75, 3.05) is 20.6 Å². The molecule has 1 aromatic carbocycles. The van der Waals surface area contributed by atoms with Crippen LogP contribution in [0.4, 0.5) is 0 Å². The average molecular weight is 318 g/mol. The molecule has 5 rings (SSSR count). The fraction of sp³-hybridized carbons (Fsp3) is 0.556. The van der Waals surface area contributed by atoms with Crippen LogP contribution in [0.1, 0.15) is 27.8 Å². The molecule has 23 heavy (non-hydrogen) atoms. The van der Waals surface area contributed by atoms with Crippen LogP contribution in [0.2, 0.25) is 0 Å². The number of aliphatic hydroxyl groups excluding tert-OH is 2. The molecule has 2 heterocycles. The molecule has 1 saturated heterocycles. The summed E-state index contributed by atoms with van der Waals surface area (Å²) in [7, 11) is 1.56. The third-order valence-electron chi connectivity index (χ3n) is 6.15. The number of likely N-dealkylation sites (tertiary alicyclic amines) is 1. The second-order valence-electron chi connectivity index (χ2n) is 6.92. The van der Waals surface area contributed by atoms with Crippen molar-refractivity contribution in [2.24, 2.45) is 5.92 Å². The Morgan fingerprint density at radius 1 is 1.39 bits per heavy atom. The lowest BCUT2D eigenvalue weighted by molar-refractivity contribution is -0.0823. The van der Waals surface area contributed by atoms with Crippen LogP contribution in [0.5, 0.6) is 11.5 Å². The minimum atomic E-state index is -2.29. The lowest BCUT2D eigenvalue weighted by Gasteiger charge is -2.57. The Morgan fingerprint density at radius 3 is 3.04 bits per heavy atom. The number of ether oxygens (including phenoxy) is 2. The van der Waals surface area contributed by atoms with Gasteiger partial charge in [-0.05, 0) is 31.6 Å². The molecule has 0 saturated carbocycles. The topological polar surface area (TPSA) is 62.2 Å². The van der Waals surface area contributed by atoms with Crippen molar-refractivity contribution in [3.63, 3.8) is 0 Å². The number of methoxy groups -OCH3 is 1. The van der Waals surface area contributed by atoms with Crippen LogP contribution in [0.15, 0.2) is 24.3 Å². The molecular weight excluding hydrogens is 294 g/mol. The minimum Gasteiger partial charge on any atom is -0.493 e. The number of piperidine rings is 1. The lowest BCUT2D eigenvalue weighted by atomic mass is 9.52. The fourth-order valence-corrected chi connectivity index (χ4v) is 5.25. The maximum atomic E-state index is 11.1. The zero-order chi connectivity index (χ0) is 18.4. The van der Waals surface area contributed by atoms with Gasteiger partial charge in [0.05, 0.1) is 13.2 Å². The number of nitrogens with zero attached hydrogens (tertiary/aromatic N) is 1. The van der Waals surface area contributed by atoms with E-state index in [9.17, 15) is 10.2 Å². The van der Waals surface area contributed by atoms with Crippen molar-refractivity contribution in [3.8, 4) is 11.5 Å². The average Bonchev–Trinajstić information content (AvgIpc) is 2.94. The van der Waals surface area contributed by atoms with Gasteiger partial charge in [0.2, 0.25) is 0 Å². The number of hydrogen-bond donors (Lipinski definition) is 2. The molecule has 2 aliphatic heterocycles. The highest BCUT2D eigenvalue weighted by atomic mass is 16.5. The molecule has 0 radical (unpaired) electrons. The van der Waals surface area contributed by atoms with Crippen molar-refractivity contribution in [1.82, 2.24) is 4.90 Å². The van der Waals surface area contributed by atoms with Crippen LogP contribution in [-0.4, -0.2) is 54.0 Å². The van der Waals surface area contributed by atoms with Gasteiger partial charge in [0, 0.05) is 27.1 Å². The van der Waals surface area contributed by atoms with Crippen LogP contribution in [-0.2, 0) is 5.41 Å². The Hall–Kier alpha value is -1.56. The van der Waals surface area contributed by atoms with E-state index in [2.05, 4.69) is 0 Å². The molecule has 1 spiro atoms. The van der Waals surface area contributed by atoms with Crippen molar-refractivity contribution < 1.29 is 23.8 Å². The summed E-state index contributed by atoms with van der Waals surface area (Å²) in [6.45, 7) is -1.98. The maximum Gasteiger partial charge on any atom is 0.166 e. The van der Waals surface area contributed by atoms with E-state index in [1.165, 1.54) is 4.90 Å². The van der Waals surface area contributed by atoms with Crippen LogP contribution >= 0.6 is 0 Å². The summed E-state index contributed by atoms with van der Waals surface area (Å²) in [5.74, 6) is 0.894. The Morgan fingerprint density at radius 2 is 2.26 bits per heavy atom. The van der Waals surface area contributed by atoms with Gasteiger partial charge in [-0.15, -0.1) is 0 Å². The molecule has 4 aliphatic rings. The van der Waals surface area contributed by atoms with Crippen LogP contribution in [0.3, 0.4) is 0 Å². The van der Waals surface area contributed by atoms with Gasteiger partial charge in [-0.3, -0.25) is 4.90 Å². The molecular formula is C18H21NO4. The second kappa shape index (κ2) is 4.29. The molecule has 5 heteroatoms. The van der Waals surface area contributed by atoms with Crippen LogP contribution in [0.25, 0.3) is 0 Å². The molecule has 1 aromatic rings. The second-order valence-corrected chi connectivity index (χ2v) is 6.92. The third-order valence-corrected chi connectivity index (χ3v) is 6.15. The third kappa shape index (κ3) is 1.40. The summed E-state index contributed by atoms with van der Waals surface area (Å²) in [4.78, 5) is 1.43. The van der Waals surface area contributed by atoms with Gasteiger partial charge in [0.1, 0.15) is 12.2 Å². The van der Waals surface area contributed by atoms with Gasteiger partial charge in [0.25, 0.3) is 0 Å². The monoisotopic (exact) mass is 318 g/mol. The molecule has 1 unspecified atom stereocenters. The van der Waals surface area contributed by atoms with Crippen molar-refractivity contribution in [2.45, 2.75) is 36.2 Å². The first-order valence-electron chi connectivity index (χ1n) is 9.50. The van der Waals surface area contributed by atoms with E-state index in [0.717, 1.165) is 5.56 Å². The predicted molar refractivity (Wildman–Crippen MR) is 83.7 cm³/mol. The summed E-state index contributed by atoms with van der Waals surface area (Å²) < 4.78 is 35.4. The summed E-state index contributed by atoms with van der Waals surface area (Å²) in [5.41, 5.74) is 1.02. The van der Waals surface area contributed by atoms with Crippen LogP contribution in [0, 0.1) is 5.92 Å². The number of benzene rings is 1. The summed E-state index contributed by atoms with van der Waals surface area (Å²) in [6, 6.07) is 2.95. The number of aliphatic hydroxyl groups is 2. The Balaban J connectivity index is 1.80. The molecule has 2 aliphatic carbocycles. The zero-order valence-corrected chi connectivity index (χ0v) is 12.8. The van der Waals surface area contributed by atoms with E-state index in [1.807, 2.05) is 6.08 Å². The van der Waals surface area contributed by atoms with E-state index in [-0.39, 0.29) is 5.92 Å². The smallest absolute Gasteiger partial charge is 0.166 e. The van der Waals surface area contributed by atoms with E-state index in [0.29, 0.717) is 30.0 Å². The van der Waals surface area contributed by atoms with Crippen molar-refractivity contribution >= 4 is 0 Å². The van der Waals surface area contributed by atoms with Crippen molar-refractivity contribution in [1.29, 1.82) is 0 Å². The molecule has 6 atom stereocenters. The number of hydrogen-bond acceptors (Lipinski definition) is 5. The van der Waals surface area contributed by atoms with Crippen molar-refractivity contribution in [3.05, 3.63) is 35.4 Å². The summed E-state index contributed by atoms with van der Waals surface area (Å²) in [5, 5.41) is 21.7. The first-order valence-corrected chi connectivity index (χ1v) is 8.00. The first kappa shape index (κ1) is 11.1. The predicted octanol–water partition coefficient (Wildman–Crippen LogP) is 0.992. The molecule has 5 nitrogen and oxygen atoms in total. The lowest BCUT2D eigenvalue weighted by Crippen LogP contribution is -2.65. The SMILES string of the molecule is [2H]C([2H])([2H])N1CC[C@]23c4c5ccc(OC)c4O[C@H]2[C@@H](O)C=C[C@H]3[C@H]1C5O. The molecule has 0 aromatic heterocycles. The minimum absolute atomic E-state index is 0.249. The highest BCUT2D eigenvalue weighted by Gasteiger charge is 2.66. The Kier molecular flexibility index (Phi) is 2.07. The molecule has 0 amide bonds. The largest absolute Gasteiger partial charge is 0.493 e. The maximum absolute atomic E-state index is 11.1. The van der Waals surface area contributed by atoms with Gasteiger partial charge in [-0.1, -0.05) is 18.2 Å². The van der Waals surface area contributed by atoms with Gasteiger partial charge in [-0.2, -0.15) is 0 Å². The molecule has 122 valence electrons. The summed E-state index contributed by atoms with van der Waals surface area (Å²) >= 11 is 0. The van der Waals surface area contributed by atoms with E-state index >= 15 is 0 Å². The first-order chi connectivity index (χ1) is 12.3. The quantitative estimate of drug-likeness (QED) is 0.756. The van der Waals surface area contributed by atoms with Gasteiger partial charge < -0.3 is 19.7 Å². The van der Waals surface area contributed by atoms with Gasteiger partial charge in [0.15, 0.2) is 11.5 Å². The summed E-state index contributed by atoms with van der Waals surface area (Å²) in [6.07, 6.45) is 1.84. The molecule has 1 fully saturated rings. The fourth-order valence-electron chi connectivity index (χ4n) is 5.25. The highest BCUT2D eigenvalue weighted by Crippen LogP contribution is 2.64. The molecule has 2 N–H and O–H groups in total. The zero-order valence-electron chi connectivity index (χ0n) is 15.8. The van der Waals surface area contributed by atoms with Gasteiger partial charge >= 0.3 is 0 Å². The van der Waals surface area contributed by atoms with Crippen LogP contribution < -0.4 is 9.47 Å². The normalized spacial score (nSPS) is 45.5. The molecule has 2 bridgehead atoms. The standard InChI is InChI=1S/C18H21NO4/c1-19-8-7-18-10-4-5-11(20)17(18)23-16-12(22-2)6-3-9(13(16)18)15(21)14(10)19/h3-6,10-11,14-15,17,20-21H,7-8H2,1-2H3/t10-,11-,14-,15?,17-,18-/m0/s1/i1D3. The van der Waals surface area contributed by atoms with E-state index in [4.69, 9.17) is 13.6 Å².